The molecule has 1 N–H and O–H groups in total. The minimum absolute atomic E-state index is 0.247. The van der Waals surface area contributed by atoms with Crippen LogP contribution in [0.25, 0.3) is 5.69 Å². The maximum absolute atomic E-state index is 12.6. The Bertz CT molecular complexity index is 997. The summed E-state index contributed by atoms with van der Waals surface area (Å²) >= 11 is 0. The summed E-state index contributed by atoms with van der Waals surface area (Å²) in [6, 6.07) is 16.5. The van der Waals surface area contributed by atoms with Gasteiger partial charge in [-0.25, -0.2) is 8.42 Å². The number of hydrogen-bond acceptors (Lipinski definition) is 2. The van der Waals surface area contributed by atoms with Crippen LogP contribution in [0.15, 0.2) is 59.5 Å². The zero-order valence-electron chi connectivity index (χ0n) is 14.9. The standard InChI is InChI=1S/C20H22N2O2S/c1-14-5-8-18(13-15(14)2)21-25(23,24)20-11-9-19(10-12-20)22-16(3)6-7-17(22)4/h5-13,21H,1-4H3. The van der Waals surface area contributed by atoms with Gasteiger partial charge in [0.25, 0.3) is 10.0 Å². The summed E-state index contributed by atoms with van der Waals surface area (Å²) in [4.78, 5) is 0.247. The van der Waals surface area contributed by atoms with Gasteiger partial charge in [0.05, 0.1) is 4.90 Å². The van der Waals surface area contributed by atoms with Crippen molar-refractivity contribution in [3.05, 3.63) is 77.1 Å². The number of anilines is 1. The molecule has 3 aromatic rings. The fourth-order valence-electron chi connectivity index (χ4n) is 2.87. The van der Waals surface area contributed by atoms with Crippen LogP contribution in [0.2, 0.25) is 0 Å². The minimum atomic E-state index is -3.61. The highest BCUT2D eigenvalue weighted by molar-refractivity contribution is 7.92. The third-order valence-corrected chi connectivity index (χ3v) is 5.83. The highest BCUT2D eigenvalue weighted by Gasteiger charge is 2.15. The lowest BCUT2D eigenvalue weighted by Gasteiger charge is -2.12. The van der Waals surface area contributed by atoms with Crippen molar-refractivity contribution >= 4 is 15.7 Å². The topological polar surface area (TPSA) is 51.1 Å². The lowest BCUT2D eigenvalue weighted by atomic mass is 10.1. The highest BCUT2D eigenvalue weighted by Crippen LogP contribution is 2.21. The van der Waals surface area contributed by atoms with Crippen LogP contribution >= 0.6 is 0 Å². The smallest absolute Gasteiger partial charge is 0.261 e. The third-order valence-electron chi connectivity index (χ3n) is 4.44. The fraction of sp³-hybridized carbons (Fsp3) is 0.200. The highest BCUT2D eigenvalue weighted by atomic mass is 32.2. The summed E-state index contributed by atoms with van der Waals surface area (Å²) in [5, 5.41) is 0. The van der Waals surface area contributed by atoms with Crippen molar-refractivity contribution in [1.29, 1.82) is 0 Å². The van der Waals surface area contributed by atoms with E-state index in [2.05, 4.69) is 9.29 Å². The fourth-order valence-corrected chi connectivity index (χ4v) is 3.92. The van der Waals surface area contributed by atoms with Gasteiger partial charge in [0.2, 0.25) is 0 Å². The number of sulfonamides is 1. The normalized spacial score (nSPS) is 11.5. The molecular formula is C20H22N2O2S. The van der Waals surface area contributed by atoms with Gasteiger partial charge in [-0.15, -0.1) is 0 Å². The lowest BCUT2D eigenvalue weighted by Crippen LogP contribution is -2.13. The molecule has 0 bridgehead atoms. The van der Waals surface area contributed by atoms with Crippen LogP contribution in [-0.2, 0) is 10.0 Å². The van der Waals surface area contributed by atoms with E-state index in [1.54, 1.807) is 18.2 Å². The Morgan fingerprint density at radius 3 is 1.92 bits per heavy atom. The van der Waals surface area contributed by atoms with Crippen LogP contribution in [-0.4, -0.2) is 13.0 Å². The molecule has 0 unspecified atom stereocenters. The molecular weight excluding hydrogens is 332 g/mol. The van der Waals surface area contributed by atoms with E-state index < -0.39 is 10.0 Å². The van der Waals surface area contributed by atoms with Crippen molar-refractivity contribution in [3.8, 4) is 5.69 Å². The maximum atomic E-state index is 12.6. The largest absolute Gasteiger partial charge is 0.319 e. The van der Waals surface area contributed by atoms with E-state index >= 15 is 0 Å². The summed E-state index contributed by atoms with van der Waals surface area (Å²) in [6.07, 6.45) is 0. The molecule has 0 saturated heterocycles. The molecule has 5 heteroatoms. The number of hydrogen-bond donors (Lipinski definition) is 1. The number of aromatic nitrogens is 1. The summed E-state index contributed by atoms with van der Waals surface area (Å²) in [6.45, 7) is 8.01. The van der Waals surface area contributed by atoms with Crippen LogP contribution < -0.4 is 4.72 Å². The molecule has 1 aromatic heterocycles. The van der Waals surface area contributed by atoms with Crippen LogP contribution in [0.5, 0.6) is 0 Å². The molecule has 0 spiro atoms. The predicted molar refractivity (Wildman–Crippen MR) is 102 cm³/mol. The number of nitrogens with zero attached hydrogens (tertiary/aromatic N) is 1. The predicted octanol–water partition coefficient (Wildman–Crippen LogP) is 4.51. The van der Waals surface area contributed by atoms with Gasteiger partial charge >= 0.3 is 0 Å². The first-order valence-corrected chi connectivity index (χ1v) is 9.62. The van der Waals surface area contributed by atoms with E-state index in [1.165, 1.54) is 0 Å². The molecule has 0 aliphatic rings. The number of rotatable bonds is 4. The average molecular weight is 354 g/mol. The second-order valence-electron chi connectivity index (χ2n) is 6.35. The van der Waals surface area contributed by atoms with E-state index in [-0.39, 0.29) is 4.90 Å². The molecule has 0 amide bonds. The first kappa shape index (κ1) is 17.3. The second-order valence-corrected chi connectivity index (χ2v) is 8.03. The van der Waals surface area contributed by atoms with Crippen LogP contribution in [0.3, 0.4) is 0 Å². The lowest BCUT2D eigenvalue weighted by molar-refractivity contribution is 0.601. The van der Waals surface area contributed by atoms with Crippen molar-refractivity contribution in [1.82, 2.24) is 4.57 Å². The first-order valence-electron chi connectivity index (χ1n) is 8.13. The van der Waals surface area contributed by atoms with Crippen molar-refractivity contribution in [3.63, 3.8) is 0 Å². The summed E-state index contributed by atoms with van der Waals surface area (Å²) in [7, 11) is -3.61. The number of nitrogens with one attached hydrogen (secondary N) is 1. The third kappa shape index (κ3) is 3.46. The maximum Gasteiger partial charge on any atom is 0.261 e. The first-order chi connectivity index (χ1) is 11.8. The van der Waals surface area contributed by atoms with Crippen LogP contribution in [0, 0.1) is 27.7 Å². The second kappa shape index (κ2) is 6.41. The Balaban J connectivity index is 1.89. The zero-order valence-corrected chi connectivity index (χ0v) is 15.7. The van der Waals surface area contributed by atoms with E-state index in [4.69, 9.17) is 0 Å². The van der Waals surface area contributed by atoms with Gasteiger partial charge in [-0.1, -0.05) is 6.07 Å². The van der Waals surface area contributed by atoms with Gasteiger partial charge in [0.1, 0.15) is 0 Å². The van der Waals surface area contributed by atoms with Crippen LogP contribution in [0.4, 0.5) is 5.69 Å². The zero-order chi connectivity index (χ0) is 18.2. The summed E-state index contributed by atoms with van der Waals surface area (Å²) in [5.41, 5.74) is 5.93. The van der Waals surface area contributed by atoms with Gasteiger partial charge in [-0.3, -0.25) is 4.72 Å². The quantitative estimate of drug-likeness (QED) is 0.749. The van der Waals surface area contributed by atoms with Crippen molar-refractivity contribution in [2.45, 2.75) is 32.6 Å². The monoisotopic (exact) mass is 354 g/mol. The SMILES string of the molecule is Cc1ccc(NS(=O)(=O)c2ccc(-n3c(C)ccc3C)cc2)cc1C. The Hall–Kier alpha value is -2.53. The molecule has 3 rings (SSSR count). The number of benzene rings is 2. The molecule has 0 aliphatic carbocycles. The molecule has 130 valence electrons. The molecule has 0 aliphatic heterocycles. The Morgan fingerprint density at radius 2 is 1.36 bits per heavy atom. The Morgan fingerprint density at radius 1 is 0.760 bits per heavy atom. The van der Waals surface area contributed by atoms with Crippen molar-refractivity contribution in [2.24, 2.45) is 0 Å². The Labute approximate surface area is 149 Å². The molecule has 4 nitrogen and oxygen atoms in total. The van der Waals surface area contributed by atoms with Gasteiger partial charge in [-0.05, 0) is 87.4 Å². The number of aryl methyl sites for hydroxylation is 4. The van der Waals surface area contributed by atoms with Gasteiger partial charge < -0.3 is 4.57 Å². The molecule has 0 atom stereocenters. The minimum Gasteiger partial charge on any atom is -0.319 e. The van der Waals surface area contributed by atoms with E-state index in [0.29, 0.717) is 5.69 Å². The Kier molecular flexibility index (Phi) is 4.43. The van der Waals surface area contributed by atoms with Gasteiger partial charge in [-0.2, -0.15) is 0 Å². The molecule has 2 aromatic carbocycles. The van der Waals surface area contributed by atoms with Gasteiger partial charge in [0, 0.05) is 22.8 Å². The van der Waals surface area contributed by atoms with E-state index in [1.807, 2.05) is 64.1 Å². The summed E-state index contributed by atoms with van der Waals surface area (Å²) < 4.78 is 30.0. The van der Waals surface area contributed by atoms with Gasteiger partial charge in [0.15, 0.2) is 0 Å². The van der Waals surface area contributed by atoms with E-state index in [0.717, 1.165) is 28.2 Å². The average Bonchev–Trinajstić information content (AvgIpc) is 2.90. The van der Waals surface area contributed by atoms with Crippen molar-refractivity contribution < 1.29 is 8.42 Å². The van der Waals surface area contributed by atoms with E-state index in [9.17, 15) is 8.42 Å². The molecule has 0 radical (unpaired) electrons. The summed E-state index contributed by atoms with van der Waals surface area (Å²) in [5.74, 6) is 0. The molecule has 25 heavy (non-hydrogen) atoms. The molecule has 1 heterocycles. The molecule has 0 fully saturated rings. The van der Waals surface area contributed by atoms with Crippen LogP contribution in [0.1, 0.15) is 22.5 Å². The van der Waals surface area contributed by atoms with Crippen molar-refractivity contribution in [2.75, 3.05) is 4.72 Å². The molecule has 0 saturated carbocycles.